The molecular formula is C13H23NO3. The number of hydrogen-bond donors (Lipinski definition) is 1. The third-order valence-electron chi connectivity index (χ3n) is 3.55. The Morgan fingerprint density at radius 1 is 1.24 bits per heavy atom. The van der Waals surface area contributed by atoms with Crippen LogP contribution in [-0.2, 0) is 4.74 Å². The monoisotopic (exact) mass is 241 g/mol. The van der Waals surface area contributed by atoms with Crippen LogP contribution in [0.4, 0.5) is 4.79 Å². The fourth-order valence-corrected chi connectivity index (χ4v) is 2.97. The first-order valence-corrected chi connectivity index (χ1v) is 6.56. The molecule has 2 atom stereocenters. The van der Waals surface area contributed by atoms with Gasteiger partial charge < -0.3 is 14.7 Å². The number of carbonyl (C=O) groups excluding carboxylic acids is 1. The van der Waals surface area contributed by atoms with E-state index in [2.05, 4.69) is 0 Å². The van der Waals surface area contributed by atoms with Crippen molar-refractivity contribution in [2.45, 2.75) is 76.7 Å². The van der Waals surface area contributed by atoms with E-state index in [0.717, 1.165) is 19.3 Å². The maximum Gasteiger partial charge on any atom is 0.410 e. The molecule has 1 N–H and O–H groups in total. The first-order chi connectivity index (χ1) is 7.87. The Labute approximate surface area is 103 Å². The van der Waals surface area contributed by atoms with Crippen LogP contribution >= 0.6 is 0 Å². The van der Waals surface area contributed by atoms with Crippen LogP contribution in [0.2, 0.25) is 0 Å². The highest BCUT2D eigenvalue weighted by Crippen LogP contribution is 2.35. The largest absolute Gasteiger partial charge is 0.444 e. The highest BCUT2D eigenvalue weighted by Gasteiger charge is 2.41. The van der Waals surface area contributed by atoms with Gasteiger partial charge in [0, 0.05) is 12.1 Å². The highest BCUT2D eigenvalue weighted by molar-refractivity contribution is 5.69. The summed E-state index contributed by atoms with van der Waals surface area (Å²) < 4.78 is 5.45. The van der Waals surface area contributed by atoms with E-state index in [1.165, 1.54) is 0 Å². The van der Waals surface area contributed by atoms with Crippen LogP contribution in [0.1, 0.15) is 52.9 Å². The van der Waals surface area contributed by atoms with E-state index in [-0.39, 0.29) is 24.3 Å². The zero-order valence-electron chi connectivity index (χ0n) is 11.0. The lowest BCUT2D eigenvalue weighted by Gasteiger charge is -2.47. The molecule has 2 heterocycles. The van der Waals surface area contributed by atoms with Crippen molar-refractivity contribution in [2.75, 3.05) is 0 Å². The molecule has 0 aromatic carbocycles. The lowest BCUT2D eigenvalue weighted by atomic mass is 9.83. The van der Waals surface area contributed by atoms with Gasteiger partial charge in [-0.1, -0.05) is 0 Å². The Kier molecular flexibility index (Phi) is 3.34. The average Bonchev–Trinajstić information content (AvgIpc) is 2.12. The number of hydrogen-bond acceptors (Lipinski definition) is 3. The summed E-state index contributed by atoms with van der Waals surface area (Å²) in [6.07, 6.45) is 4.09. The van der Waals surface area contributed by atoms with Crippen molar-refractivity contribution in [3.8, 4) is 0 Å². The first-order valence-electron chi connectivity index (χ1n) is 6.56. The molecule has 0 radical (unpaired) electrons. The van der Waals surface area contributed by atoms with E-state index in [1.807, 2.05) is 25.7 Å². The molecule has 2 saturated heterocycles. The van der Waals surface area contributed by atoms with Crippen molar-refractivity contribution >= 4 is 6.09 Å². The molecule has 4 heteroatoms. The number of nitrogens with zero attached hydrogens (tertiary/aromatic N) is 1. The fourth-order valence-electron chi connectivity index (χ4n) is 2.97. The number of fused-ring (bicyclic) bond motifs is 2. The topological polar surface area (TPSA) is 49.8 Å². The molecule has 0 aromatic rings. The second-order valence-corrected chi connectivity index (χ2v) is 6.25. The number of rotatable bonds is 0. The van der Waals surface area contributed by atoms with E-state index >= 15 is 0 Å². The second kappa shape index (κ2) is 4.48. The van der Waals surface area contributed by atoms with Gasteiger partial charge in [0.2, 0.25) is 0 Å². The fraction of sp³-hybridized carbons (Fsp3) is 0.923. The van der Waals surface area contributed by atoms with Gasteiger partial charge in [-0.2, -0.15) is 0 Å². The van der Waals surface area contributed by atoms with Crippen LogP contribution in [0.3, 0.4) is 0 Å². The molecule has 0 aromatic heterocycles. The van der Waals surface area contributed by atoms with E-state index in [1.54, 1.807) is 0 Å². The minimum Gasteiger partial charge on any atom is -0.444 e. The number of carbonyl (C=O) groups is 1. The van der Waals surface area contributed by atoms with Crippen molar-refractivity contribution in [3.63, 3.8) is 0 Å². The van der Waals surface area contributed by atoms with Crippen LogP contribution < -0.4 is 0 Å². The van der Waals surface area contributed by atoms with Gasteiger partial charge in [0.15, 0.2) is 0 Å². The third kappa shape index (κ3) is 2.92. The molecule has 0 spiro atoms. The summed E-state index contributed by atoms with van der Waals surface area (Å²) in [4.78, 5) is 14.0. The number of ether oxygens (including phenoxy) is 1. The van der Waals surface area contributed by atoms with Crippen LogP contribution in [0, 0.1) is 0 Å². The molecular weight excluding hydrogens is 218 g/mol. The maximum absolute atomic E-state index is 12.2. The Hall–Kier alpha value is -0.770. The van der Waals surface area contributed by atoms with Gasteiger partial charge in [0.05, 0.1) is 6.10 Å². The van der Waals surface area contributed by atoms with E-state index in [4.69, 9.17) is 4.74 Å². The Bertz CT molecular complexity index is 284. The van der Waals surface area contributed by atoms with Crippen molar-refractivity contribution in [1.82, 2.24) is 4.90 Å². The van der Waals surface area contributed by atoms with E-state index in [9.17, 15) is 9.90 Å². The Morgan fingerprint density at radius 2 is 1.76 bits per heavy atom. The molecule has 98 valence electrons. The molecule has 2 fully saturated rings. The smallest absolute Gasteiger partial charge is 0.410 e. The predicted octanol–water partition coefficient (Wildman–Crippen LogP) is 2.30. The second-order valence-electron chi connectivity index (χ2n) is 6.25. The number of amides is 1. The van der Waals surface area contributed by atoms with Crippen LogP contribution in [-0.4, -0.2) is 39.9 Å². The quantitative estimate of drug-likeness (QED) is 0.708. The number of piperidine rings is 2. The number of aliphatic hydroxyl groups is 1. The lowest BCUT2D eigenvalue weighted by molar-refractivity contribution is -0.0455. The predicted molar refractivity (Wildman–Crippen MR) is 64.7 cm³/mol. The number of aliphatic hydroxyl groups excluding tert-OH is 1. The Morgan fingerprint density at radius 3 is 2.24 bits per heavy atom. The van der Waals surface area contributed by atoms with Gasteiger partial charge in [-0.25, -0.2) is 4.79 Å². The van der Waals surface area contributed by atoms with Gasteiger partial charge in [0.25, 0.3) is 0 Å². The van der Waals surface area contributed by atoms with E-state index < -0.39 is 5.60 Å². The SMILES string of the molecule is CC(C)(C)OC(=O)N1[C@H]2CCC[C@H]1CC(O)C2. The summed E-state index contributed by atoms with van der Waals surface area (Å²) in [7, 11) is 0. The molecule has 2 rings (SSSR count). The molecule has 1 amide bonds. The third-order valence-corrected chi connectivity index (χ3v) is 3.55. The van der Waals surface area contributed by atoms with Gasteiger partial charge in [-0.3, -0.25) is 0 Å². The zero-order valence-corrected chi connectivity index (χ0v) is 11.0. The van der Waals surface area contributed by atoms with Gasteiger partial charge in [-0.15, -0.1) is 0 Å². The van der Waals surface area contributed by atoms with Crippen molar-refractivity contribution in [2.24, 2.45) is 0 Å². The van der Waals surface area contributed by atoms with Crippen LogP contribution in [0.25, 0.3) is 0 Å². The average molecular weight is 241 g/mol. The van der Waals surface area contributed by atoms with Crippen molar-refractivity contribution < 1.29 is 14.6 Å². The summed E-state index contributed by atoms with van der Waals surface area (Å²) in [5.41, 5.74) is -0.443. The molecule has 0 aliphatic carbocycles. The van der Waals surface area contributed by atoms with Crippen LogP contribution in [0.15, 0.2) is 0 Å². The first kappa shape index (κ1) is 12.7. The zero-order chi connectivity index (χ0) is 12.6. The molecule has 4 nitrogen and oxygen atoms in total. The molecule has 0 unspecified atom stereocenters. The van der Waals surface area contributed by atoms with Crippen molar-refractivity contribution in [1.29, 1.82) is 0 Å². The summed E-state index contributed by atoms with van der Waals surface area (Å²) in [6.45, 7) is 5.67. The Balaban J connectivity index is 2.07. The standard InChI is InChI=1S/C13H23NO3/c1-13(2,3)17-12(16)14-9-5-4-6-10(14)8-11(15)7-9/h9-11,15H,4-8H2,1-3H3/t9-,10-/m0/s1. The molecule has 0 saturated carbocycles. The summed E-state index contributed by atoms with van der Waals surface area (Å²) in [6, 6.07) is 0.347. The summed E-state index contributed by atoms with van der Waals surface area (Å²) in [5, 5.41) is 9.77. The van der Waals surface area contributed by atoms with Crippen LogP contribution in [0.5, 0.6) is 0 Å². The van der Waals surface area contributed by atoms with E-state index in [0.29, 0.717) is 12.8 Å². The summed E-state index contributed by atoms with van der Waals surface area (Å²) in [5.74, 6) is 0. The van der Waals surface area contributed by atoms with Crippen molar-refractivity contribution in [3.05, 3.63) is 0 Å². The summed E-state index contributed by atoms with van der Waals surface area (Å²) >= 11 is 0. The minimum absolute atomic E-state index is 0.173. The normalized spacial score (nSPS) is 33.4. The minimum atomic E-state index is -0.443. The van der Waals surface area contributed by atoms with Gasteiger partial charge in [-0.05, 0) is 52.9 Å². The molecule has 17 heavy (non-hydrogen) atoms. The lowest BCUT2D eigenvalue weighted by Crippen LogP contribution is -2.56. The molecule has 2 bridgehead atoms. The van der Waals surface area contributed by atoms with Gasteiger partial charge >= 0.3 is 6.09 Å². The maximum atomic E-state index is 12.2. The highest BCUT2D eigenvalue weighted by atomic mass is 16.6. The molecule has 2 aliphatic rings. The molecule has 2 aliphatic heterocycles. The van der Waals surface area contributed by atoms with Gasteiger partial charge in [0.1, 0.15) is 5.60 Å².